The topological polar surface area (TPSA) is 108 Å². The van der Waals surface area contributed by atoms with Gasteiger partial charge in [-0.05, 0) is 56.4 Å². The molecule has 0 amide bonds. The van der Waals surface area contributed by atoms with E-state index in [4.69, 9.17) is 0 Å². The highest BCUT2D eigenvalue weighted by Crippen LogP contribution is 2.19. The molecule has 5 heterocycles. The van der Waals surface area contributed by atoms with Gasteiger partial charge in [0.25, 0.3) is 5.82 Å². The number of quaternary nitrogens is 2. The van der Waals surface area contributed by atoms with Crippen LogP contribution >= 0.6 is 0 Å². The Bertz CT molecular complexity index is 2070. The number of hydrogen-bond acceptors (Lipinski definition) is 0. The summed E-state index contributed by atoms with van der Waals surface area (Å²) < 4.78 is 17.2. The van der Waals surface area contributed by atoms with Gasteiger partial charge in [0.1, 0.15) is 25.1 Å². The molecule has 12 nitrogen and oxygen atoms in total. The van der Waals surface area contributed by atoms with Crippen molar-refractivity contribution < 1.29 is 32.8 Å². The van der Waals surface area contributed by atoms with Crippen molar-refractivity contribution in [2.45, 2.75) is 105 Å². The summed E-state index contributed by atoms with van der Waals surface area (Å²) in [5.74, 6) is 1.15. The van der Waals surface area contributed by atoms with Gasteiger partial charge in [0.15, 0.2) is 36.7 Å². The molecule has 12 heteroatoms. The van der Waals surface area contributed by atoms with Crippen molar-refractivity contribution in [1.29, 1.82) is 0 Å². The number of likely N-dealkylation sites (tertiary alicyclic amines) is 1. The van der Waals surface area contributed by atoms with Crippen molar-refractivity contribution in [1.82, 2.24) is 13.8 Å². The number of imidazole rings is 2. The normalized spacial score (nSPS) is 12.2. The number of benzene rings is 2. The minimum absolute atomic E-state index is 0.0833. The van der Waals surface area contributed by atoms with E-state index in [1.807, 2.05) is 132 Å². The third-order valence-electron chi connectivity index (χ3n) is 12.1. The molecule has 0 saturated carbocycles. The molecule has 0 radical (unpaired) electrons. The third kappa shape index (κ3) is 25.4. The van der Waals surface area contributed by atoms with Gasteiger partial charge in [-0.1, -0.05) is 89.8 Å². The molecule has 0 bridgehead atoms. The van der Waals surface area contributed by atoms with Crippen LogP contribution in [-0.4, -0.2) is 82.1 Å². The first kappa shape index (κ1) is 59.7. The molecule has 1 aliphatic rings. The van der Waals surface area contributed by atoms with E-state index >= 15 is 0 Å². The lowest BCUT2D eigenvalue weighted by molar-refractivity contribution is -0.929. The Morgan fingerprint density at radius 2 is 1.12 bits per heavy atom. The summed E-state index contributed by atoms with van der Waals surface area (Å²) in [6.45, 7) is 20.0. The highest BCUT2D eigenvalue weighted by Gasteiger charge is 2.25. The first-order valence-corrected chi connectivity index (χ1v) is 25.1. The molecule has 372 valence electrons. The largest absolute Gasteiger partial charge is 0.336 e. The van der Waals surface area contributed by atoms with Gasteiger partial charge in [0.05, 0.1) is 87.8 Å². The molecule has 1 fully saturated rings. The number of nitrogens with zero attached hydrogens (tertiary/aromatic N) is 9. The Hall–Kier alpha value is -5.33. The van der Waals surface area contributed by atoms with Gasteiger partial charge in [0, 0.05) is 38.0 Å². The van der Waals surface area contributed by atoms with Crippen LogP contribution in [0.3, 0.4) is 0 Å². The van der Waals surface area contributed by atoms with Crippen molar-refractivity contribution >= 4 is 17.0 Å². The van der Waals surface area contributed by atoms with Crippen molar-refractivity contribution in [3.63, 3.8) is 0 Å². The van der Waals surface area contributed by atoms with Crippen LogP contribution in [0.1, 0.15) is 104 Å². The maximum absolute atomic E-state index is 4.58. The van der Waals surface area contributed by atoms with E-state index < -0.39 is 0 Å². The molecular formula is C55H99N12+7. The molecule has 0 aliphatic carbocycles. The number of aromatic nitrogens is 7. The summed E-state index contributed by atoms with van der Waals surface area (Å²) in [6.07, 6.45) is 29.4. The average Bonchev–Trinajstić information content (AvgIpc) is 4.08. The second-order valence-electron chi connectivity index (χ2n) is 18.8. The number of aryl methyl sites for hydroxylation is 6. The fourth-order valence-electron chi connectivity index (χ4n) is 7.94. The van der Waals surface area contributed by atoms with E-state index in [9.17, 15) is 0 Å². The molecule has 0 unspecified atom stereocenters. The van der Waals surface area contributed by atoms with Gasteiger partial charge in [-0.15, -0.1) is 4.68 Å². The van der Waals surface area contributed by atoms with Gasteiger partial charge >= 0.3 is 5.96 Å². The van der Waals surface area contributed by atoms with Crippen LogP contribution in [0.15, 0.2) is 122 Å². The van der Waals surface area contributed by atoms with Crippen LogP contribution in [0.5, 0.6) is 0 Å². The molecule has 2 aromatic carbocycles. The zero-order valence-electron chi connectivity index (χ0n) is 44.8. The molecule has 1 saturated heterocycles. The van der Waals surface area contributed by atoms with Gasteiger partial charge in [-0.3, -0.25) is 16.9 Å². The monoisotopic (exact) mass is 928 g/mol. The molecule has 0 atom stereocenters. The Kier molecular flexibility index (Phi) is 30.3. The zero-order valence-corrected chi connectivity index (χ0v) is 44.8. The average molecular weight is 928 g/mol. The molecule has 1 aliphatic heterocycles. The Morgan fingerprint density at radius 3 is 1.48 bits per heavy atom. The highest BCUT2D eigenvalue weighted by atomic mass is 15.4. The highest BCUT2D eigenvalue weighted by molar-refractivity contribution is 5.74. The van der Waals surface area contributed by atoms with Crippen molar-refractivity contribution in [2.75, 3.05) is 53.4 Å². The summed E-state index contributed by atoms with van der Waals surface area (Å²) in [5.41, 5.74) is 12.9. The maximum Gasteiger partial charge on any atom is 0.336 e. The number of rotatable bonds is 14. The van der Waals surface area contributed by atoms with Gasteiger partial charge in [0.2, 0.25) is 6.33 Å². The molecule has 4 aromatic heterocycles. The van der Waals surface area contributed by atoms with E-state index in [0.29, 0.717) is 0 Å². The molecule has 7 rings (SSSR count). The summed E-state index contributed by atoms with van der Waals surface area (Å²) in [6, 6.07) is 27.0. The number of hydrogen-bond donors (Lipinski definition) is 3. The van der Waals surface area contributed by atoms with Gasteiger partial charge in [-0.2, -0.15) is 9.25 Å². The van der Waals surface area contributed by atoms with Crippen molar-refractivity contribution in [3.05, 3.63) is 128 Å². The van der Waals surface area contributed by atoms with E-state index in [0.717, 1.165) is 0 Å². The Labute approximate surface area is 408 Å². The number of pyridine rings is 1. The predicted molar refractivity (Wildman–Crippen MR) is 280 cm³/mol. The summed E-state index contributed by atoms with van der Waals surface area (Å²) in [4.78, 5) is 0. The number of guanidine groups is 1. The minimum atomic E-state index is -0.0833. The molecule has 6 N–H and O–H groups in total. The van der Waals surface area contributed by atoms with Crippen LogP contribution in [0.4, 0.5) is 0 Å². The van der Waals surface area contributed by atoms with E-state index in [-0.39, 0.29) is 5.96 Å². The first-order chi connectivity index (χ1) is 32.0. The van der Waals surface area contributed by atoms with Crippen molar-refractivity contribution in [2.24, 2.45) is 53.8 Å². The second-order valence-corrected chi connectivity index (χ2v) is 18.8. The molecule has 67 heavy (non-hydrogen) atoms. The van der Waals surface area contributed by atoms with Gasteiger partial charge in [-0.25, -0.2) is 18.3 Å². The quantitative estimate of drug-likeness (QED) is 0.0396. The lowest BCUT2D eigenvalue weighted by atomic mass is 10.1. The third-order valence-corrected chi connectivity index (χ3v) is 12.1. The number of fused-ring (bicyclic) bond motifs is 1. The molecule has 6 aromatic rings. The van der Waals surface area contributed by atoms with E-state index in [2.05, 4.69) is 130 Å². The minimum Gasteiger partial charge on any atom is -0.328 e. The SMILES string of the molecule is CCCCC[N+](CCCC)(CCCC)CCCC.C[N+]1(C)CCCC1.C[n+]1ccccc1.Cc1n(-c2ccccc2)c2ccccc2[n+]1C.Cn1cc[n+](C)c1.Cn1ccc[n+]1C.NC(N)=[NH2+]. The van der Waals surface area contributed by atoms with Crippen LogP contribution in [0, 0.1) is 6.92 Å². The summed E-state index contributed by atoms with van der Waals surface area (Å²) >= 11 is 0. The standard InChI is InChI=1S/C17H38N.C15H15N2.C6H14N.C6H8N.2C5H9N2.CH5N3/c1-5-9-13-17-18(14-10-6-2,15-11-7-3)16-12-8-4;1-12-16(2)14-10-6-7-11-15(14)17(12)13-8-4-3-5-9-13;1-7(2)5-3-4-6-7;1-7-5-3-2-4-6-7;1-6-3-4-7(2)5-6;1-6-4-3-5-7(6)2;2-1(3)4/h5-17H2,1-4H3;3-11H,1-2H3;3-6H2,1-2H3;2-6H,1H3;2*3-5H,1-2H3;(H5,2,3,4)/q6*+1;/p+1. The summed E-state index contributed by atoms with van der Waals surface area (Å²) in [7, 11) is 16.7. The maximum atomic E-state index is 4.58. The van der Waals surface area contributed by atoms with E-state index in [1.54, 1.807) is 0 Å². The summed E-state index contributed by atoms with van der Waals surface area (Å²) in [5, 5.41) is 4.58. The lowest BCUT2D eigenvalue weighted by Gasteiger charge is -2.39. The first-order valence-electron chi connectivity index (χ1n) is 25.1. The predicted octanol–water partition coefficient (Wildman–Crippen LogP) is 6.24. The second kappa shape index (κ2) is 34.0. The van der Waals surface area contributed by atoms with E-state index in [1.165, 1.54) is 141 Å². The van der Waals surface area contributed by atoms with Crippen LogP contribution in [0.2, 0.25) is 0 Å². The van der Waals surface area contributed by atoms with Crippen LogP contribution in [0.25, 0.3) is 16.7 Å². The fourth-order valence-corrected chi connectivity index (χ4v) is 7.94. The smallest absolute Gasteiger partial charge is 0.328 e. The van der Waals surface area contributed by atoms with Crippen LogP contribution in [-0.2, 0) is 42.3 Å². The Morgan fingerprint density at radius 1 is 0.627 bits per heavy atom. The zero-order chi connectivity index (χ0) is 50.1. The number of nitrogens with two attached hydrogens (primary N) is 3. The van der Waals surface area contributed by atoms with Crippen LogP contribution < -0.4 is 35.3 Å². The molecule has 0 spiro atoms. The lowest BCUT2D eigenvalue weighted by Crippen LogP contribution is -2.51. The number of para-hydroxylation sites is 3. The Balaban J connectivity index is 0.000000416. The van der Waals surface area contributed by atoms with Gasteiger partial charge < -0.3 is 8.97 Å². The molecular weight excluding hydrogens is 829 g/mol. The fraction of sp³-hybridized carbons (Fsp3) is 0.545. The number of unbranched alkanes of at least 4 members (excludes halogenated alkanes) is 5. The van der Waals surface area contributed by atoms with Crippen molar-refractivity contribution in [3.8, 4) is 5.69 Å².